The summed E-state index contributed by atoms with van der Waals surface area (Å²) in [7, 11) is 1.56. The van der Waals surface area contributed by atoms with Crippen molar-refractivity contribution in [2.75, 3.05) is 20.2 Å². The average molecular weight is 396 g/mol. The molecule has 3 aliphatic rings. The van der Waals surface area contributed by atoms with E-state index in [1.165, 1.54) is 4.90 Å². The molecule has 8 nitrogen and oxygen atoms in total. The number of hydrogen-bond acceptors (Lipinski definition) is 5. The molecule has 3 unspecified atom stereocenters. The minimum atomic E-state index is -1.00. The first-order chi connectivity index (χ1) is 13.3. The largest absolute Gasteiger partial charge is 0.395 e. The number of amides is 3. The second kappa shape index (κ2) is 7.63. The van der Waals surface area contributed by atoms with Crippen LogP contribution in [0.4, 0.5) is 0 Å². The third-order valence-electron chi connectivity index (χ3n) is 6.91. The van der Waals surface area contributed by atoms with E-state index < -0.39 is 29.1 Å². The highest BCUT2D eigenvalue weighted by atomic mass is 16.5. The molecule has 3 aliphatic heterocycles. The number of aliphatic hydroxyl groups is 1. The lowest BCUT2D eigenvalue weighted by atomic mass is 9.65. The fraction of sp³-hybridized carbons (Fsp3) is 0.850. The molecule has 0 saturated carbocycles. The number of likely N-dealkylation sites (tertiary alicyclic amines) is 1. The molecule has 2 bridgehead atoms. The van der Waals surface area contributed by atoms with Gasteiger partial charge in [-0.1, -0.05) is 20.3 Å². The Balaban J connectivity index is 2.01. The Morgan fingerprint density at radius 3 is 2.61 bits per heavy atom. The predicted molar refractivity (Wildman–Crippen MR) is 102 cm³/mol. The van der Waals surface area contributed by atoms with Gasteiger partial charge in [-0.2, -0.15) is 0 Å². The van der Waals surface area contributed by atoms with E-state index in [4.69, 9.17) is 4.74 Å². The van der Waals surface area contributed by atoms with Crippen molar-refractivity contribution < 1.29 is 24.2 Å². The van der Waals surface area contributed by atoms with Crippen molar-refractivity contribution in [3.8, 4) is 0 Å². The third kappa shape index (κ3) is 2.84. The Morgan fingerprint density at radius 2 is 2.04 bits per heavy atom. The number of carbonyl (C=O) groups excluding carboxylic acids is 3. The number of aliphatic hydroxyl groups excluding tert-OH is 1. The fourth-order valence-corrected chi connectivity index (χ4v) is 5.75. The summed E-state index contributed by atoms with van der Waals surface area (Å²) in [5.74, 6) is -2.04. The van der Waals surface area contributed by atoms with Gasteiger partial charge in [-0.3, -0.25) is 14.4 Å². The lowest BCUT2D eigenvalue weighted by Gasteiger charge is -2.34. The van der Waals surface area contributed by atoms with Crippen LogP contribution < -0.4 is 10.6 Å². The van der Waals surface area contributed by atoms with Crippen molar-refractivity contribution in [1.29, 1.82) is 0 Å². The third-order valence-corrected chi connectivity index (χ3v) is 6.91. The van der Waals surface area contributed by atoms with Gasteiger partial charge in [-0.05, 0) is 32.6 Å². The van der Waals surface area contributed by atoms with Gasteiger partial charge in [0.1, 0.15) is 11.6 Å². The second-order valence-electron chi connectivity index (χ2n) is 8.40. The zero-order valence-corrected chi connectivity index (χ0v) is 17.3. The summed E-state index contributed by atoms with van der Waals surface area (Å²) in [4.78, 5) is 40.8. The molecule has 0 radical (unpaired) electrons. The van der Waals surface area contributed by atoms with Gasteiger partial charge in [0.05, 0.1) is 24.0 Å². The van der Waals surface area contributed by atoms with Crippen LogP contribution in [0.1, 0.15) is 52.9 Å². The number of carbonyl (C=O) groups is 3. The maximum atomic E-state index is 13.4. The van der Waals surface area contributed by atoms with E-state index in [-0.39, 0.29) is 36.9 Å². The highest BCUT2D eigenvalue weighted by molar-refractivity contribution is 5.99. The minimum absolute atomic E-state index is 0.0208. The van der Waals surface area contributed by atoms with Gasteiger partial charge in [0, 0.05) is 19.6 Å². The van der Waals surface area contributed by atoms with Crippen LogP contribution in [0.15, 0.2) is 0 Å². The molecular weight excluding hydrogens is 362 g/mol. The van der Waals surface area contributed by atoms with Crippen LogP contribution >= 0.6 is 0 Å². The molecule has 3 heterocycles. The van der Waals surface area contributed by atoms with Gasteiger partial charge in [-0.15, -0.1) is 0 Å². The second-order valence-corrected chi connectivity index (χ2v) is 8.40. The number of β-amino-alcohol motifs (C(OH)–C–C–N with tert-alkyl or cyclic N) is 1. The molecule has 158 valence electrons. The average Bonchev–Trinajstić information content (AvgIpc) is 3.26. The van der Waals surface area contributed by atoms with Gasteiger partial charge in [0.2, 0.25) is 17.7 Å². The molecule has 0 aromatic heterocycles. The van der Waals surface area contributed by atoms with Crippen LogP contribution in [0.3, 0.4) is 0 Å². The topological polar surface area (TPSA) is 108 Å². The summed E-state index contributed by atoms with van der Waals surface area (Å²) in [6.07, 6.45) is 3.59. The van der Waals surface area contributed by atoms with Crippen molar-refractivity contribution >= 4 is 17.7 Å². The quantitative estimate of drug-likeness (QED) is 0.544. The number of nitrogens with one attached hydrogen (secondary N) is 2. The Bertz CT molecular complexity index is 656. The van der Waals surface area contributed by atoms with Gasteiger partial charge in [-0.25, -0.2) is 0 Å². The zero-order chi connectivity index (χ0) is 20.7. The molecule has 3 fully saturated rings. The smallest absolute Gasteiger partial charge is 0.246 e. The molecule has 0 aliphatic carbocycles. The standard InChI is InChI=1S/C20H33N3O5/c1-5-7-12(3)22-17(26)15-20-9-8-19(6-2,28-20)13(16(25)21-4)14(20)18(27)23(15)10-11-24/h12-15,24H,5-11H2,1-4H3,(H,21,25)(H,22,26)/t12?,13-,14+,15?,19+,20?/m1/s1. The van der Waals surface area contributed by atoms with E-state index in [0.29, 0.717) is 19.3 Å². The molecule has 3 N–H and O–H groups in total. The molecule has 0 aromatic carbocycles. The molecule has 28 heavy (non-hydrogen) atoms. The maximum Gasteiger partial charge on any atom is 0.246 e. The van der Waals surface area contributed by atoms with Crippen LogP contribution in [-0.4, -0.2) is 71.2 Å². The number of fused-ring (bicyclic) bond motifs is 1. The number of hydrogen-bond donors (Lipinski definition) is 3. The van der Waals surface area contributed by atoms with E-state index in [0.717, 1.165) is 12.8 Å². The number of rotatable bonds is 8. The van der Waals surface area contributed by atoms with Crippen molar-refractivity contribution in [3.05, 3.63) is 0 Å². The van der Waals surface area contributed by atoms with Crippen LogP contribution in [-0.2, 0) is 19.1 Å². The van der Waals surface area contributed by atoms with E-state index in [2.05, 4.69) is 17.6 Å². The van der Waals surface area contributed by atoms with E-state index in [1.807, 2.05) is 13.8 Å². The summed E-state index contributed by atoms with van der Waals surface area (Å²) in [5.41, 5.74) is -1.71. The lowest BCUT2D eigenvalue weighted by molar-refractivity contribution is -0.148. The van der Waals surface area contributed by atoms with Crippen molar-refractivity contribution in [2.24, 2.45) is 11.8 Å². The molecule has 3 amide bonds. The van der Waals surface area contributed by atoms with Crippen molar-refractivity contribution in [2.45, 2.75) is 76.2 Å². The molecule has 3 saturated heterocycles. The minimum Gasteiger partial charge on any atom is -0.395 e. The van der Waals surface area contributed by atoms with Gasteiger partial charge >= 0.3 is 0 Å². The summed E-state index contributed by atoms with van der Waals surface area (Å²) in [6, 6.07) is -0.841. The number of nitrogens with zero attached hydrogens (tertiary/aromatic N) is 1. The first-order valence-corrected chi connectivity index (χ1v) is 10.4. The summed E-state index contributed by atoms with van der Waals surface area (Å²) in [6.45, 7) is 5.77. The Morgan fingerprint density at radius 1 is 1.32 bits per heavy atom. The molecular formula is C20H33N3O5. The molecule has 6 atom stereocenters. The van der Waals surface area contributed by atoms with E-state index >= 15 is 0 Å². The maximum absolute atomic E-state index is 13.4. The van der Waals surface area contributed by atoms with E-state index in [1.54, 1.807) is 7.05 Å². The van der Waals surface area contributed by atoms with Crippen LogP contribution in [0, 0.1) is 11.8 Å². The van der Waals surface area contributed by atoms with Crippen LogP contribution in [0.5, 0.6) is 0 Å². The van der Waals surface area contributed by atoms with Crippen molar-refractivity contribution in [1.82, 2.24) is 15.5 Å². The van der Waals surface area contributed by atoms with Gasteiger partial charge in [0.15, 0.2) is 0 Å². The normalized spacial score (nSPS) is 37.1. The monoisotopic (exact) mass is 395 g/mol. The first-order valence-electron chi connectivity index (χ1n) is 10.4. The molecule has 0 aromatic rings. The summed E-state index contributed by atoms with van der Waals surface area (Å²) < 4.78 is 6.51. The molecule has 3 rings (SSSR count). The fourth-order valence-electron chi connectivity index (χ4n) is 5.75. The Labute approximate surface area is 166 Å². The Hall–Kier alpha value is -1.67. The summed E-state index contributed by atoms with van der Waals surface area (Å²) in [5, 5.41) is 15.2. The summed E-state index contributed by atoms with van der Waals surface area (Å²) >= 11 is 0. The van der Waals surface area contributed by atoms with Crippen LogP contribution in [0.2, 0.25) is 0 Å². The van der Waals surface area contributed by atoms with Gasteiger partial charge < -0.3 is 25.4 Å². The van der Waals surface area contributed by atoms with Gasteiger partial charge in [0.25, 0.3) is 0 Å². The first kappa shape index (κ1) is 21.0. The lowest BCUT2D eigenvalue weighted by Crippen LogP contribution is -2.56. The molecule has 8 heteroatoms. The molecule has 1 spiro atoms. The van der Waals surface area contributed by atoms with Crippen molar-refractivity contribution in [3.63, 3.8) is 0 Å². The highest BCUT2D eigenvalue weighted by Crippen LogP contribution is 2.64. The number of ether oxygens (including phenoxy) is 1. The zero-order valence-electron chi connectivity index (χ0n) is 17.3. The Kier molecular flexibility index (Phi) is 5.74. The predicted octanol–water partition coefficient (Wildman–Crippen LogP) is 0.184. The van der Waals surface area contributed by atoms with E-state index in [9.17, 15) is 19.5 Å². The van der Waals surface area contributed by atoms with Crippen LogP contribution in [0.25, 0.3) is 0 Å². The highest BCUT2D eigenvalue weighted by Gasteiger charge is 2.78. The SMILES string of the molecule is CCCC(C)NC(=O)C1N(CCO)C(=O)[C@@H]2[C@H](C(=O)NC)[C@]3(CC)CCC12O3.